The number of nitrogens with one attached hydrogen (secondary N) is 1. The molecule has 1 aliphatic rings. The first-order valence-corrected chi connectivity index (χ1v) is 7.07. The largest absolute Gasteiger partial charge is 0.357 e. The summed E-state index contributed by atoms with van der Waals surface area (Å²) in [6.45, 7) is 2.57. The Balaban J connectivity index is 1.63. The van der Waals surface area contributed by atoms with Crippen LogP contribution in [0.4, 0.5) is 5.82 Å². The summed E-state index contributed by atoms with van der Waals surface area (Å²) in [7, 11) is 0. The van der Waals surface area contributed by atoms with Crippen molar-refractivity contribution in [2.24, 2.45) is 0 Å². The lowest BCUT2D eigenvalue weighted by Gasteiger charge is -2.16. The standard InChI is InChI=1S/C15H17N5O/c21-15(13-11-16-5-6-17-13)19-10-12-3-4-18-14(9-12)20-7-1-2-8-20/h3-6,9,11H,1-2,7-8,10H2,(H,19,21). The minimum atomic E-state index is -0.220. The van der Waals surface area contributed by atoms with Crippen LogP contribution in [0.3, 0.4) is 0 Å². The number of nitrogens with zero attached hydrogens (tertiary/aromatic N) is 4. The van der Waals surface area contributed by atoms with Gasteiger partial charge in [0.25, 0.3) is 5.91 Å². The van der Waals surface area contributed by atoms with E-state index in [1.54, 1.807) is 12.4 Å². The van der Waals surface area contributed by atoms with Crippen molar-refractivity contribution in [3.8, 4) is 0 Å². The van der Waals surface area contributed by atoms with Crippen molar-refractivity contribution in [1.29, 1.82) is 0 Å². The lowest BCUT2D eigenvalue weighted by molar-refractivity contribution is 0.0945. The average molecular weight is 283 g/mol. The Morgan fingerprint density at radius 2 is 2.05 bits per heavy atom. The molecule has 0 spiro atoms. The summed E-state index contributed by atoms with van der Waals surface area (Å²) in [5, 5.41) is 2.85. The van der Waals surface area contributed by atoms with Crippen LogP contribution in [0.2, 0.25) is 0 Å². The Hall–Kier alpha value is -2.50. The minimum Gasteiger partial charge on any atom is -0.357 e. The van der Waals surface area contributed by atoms with Gasteiger partial charge >= 0.3 is 0 Å². The molecule has 0 bridgehead atoms. The van der Waals surface area contributed by atoms with Crippen LogP contribution in [0.25, 0.3) is 0 Å². The van der Waals surface area contributed by atoms with Crippen molar-refractivity contribution < 1.29 is 4.79 Å². The van der Waals surface area contributed by atoms with Crippen molar-refractivity contribution in [3.05, 3.63) is 48.2 Å². The summed E-state index contributed by atoms with van der Waals surface area (Å²) in [6, 6.07) is 3.94. The smallest absolute Gasteiger partial charge is 0.271 e. The van der Waals surface area contributed by atoms with Gasteiger partial charge in [0.15, 0.2) is 0 Å². The molecule has 0 saturated carbocycles. The molecule has 6 heteroatoms. The fourth-order valence-electron chi connectivity index (χ4n) is 2.38. The fourth-order valence-corrected chi connectivity index (χ4v) is 2.38. The van der Waals surface area contributed by atoms with E-state index in [9.17, 15) is 4.79 Å². The van der Waals surface area contributed by atoms with Gasteiger partial charge in [-0.15, -0.1) is 0 Å². The number of hydrogen-bond acceptors (Lipinski definition) is 5. The maximum Gasteiger partial charge on any atom is 0.271 e. The molecule has 3 heterocycles. The number of carbonyl (C=O) groups is 1. The van der Waals surface area contributed by atoms with Crippen molar-refractivity contribution in [2.75, 3.05) is 18.0 Å². The van der Waals surface area contributed by atoms with E-state index in [1.165, 1.54) is 25.2 Å². The van der Waals surface area contributed by atoms with Crippen LogP contribution in [0.15, 0.2) is 36.9 Å². The summed E-state index contributed by atoms with van der Waals surface area (Å²) in [6.07, 6.45) is 8.73. The maximum absolute atomic E-state index is 11.9. The zero-order valence-corrected chi connectivity index (χ0v) is 11.7. The molecular formula is C15H17N5O. The lowest BCUT2D eigenvalue weighted by atomic mass is 10.2. The SMILES string of the molecule is O=C(NCc1ccnc(N2CCCC2)c1)c1cnccn1. The Kier molecular flexibility index (Phi) is 4.04. The van der Waals surface area contributed by atoms with Gasteiger partial charge in [-0.05, 0) is 30.5 Å². The maximum atomic E-state index is 11.9. The van der Waals surface area contributed by atoms with Crippen molar-refractivity contribution >= 4 is 11.7 Å². The van der Waals surface area contributed by atoms with E-state index < -0.39 is 0 Å². The third kappa shape index (κ3) is 3.34. The van der Waals surface area contributed by atoms with E-state index in [0.717, 1.165) is 24.5 Å². The molecule has 0 radical (unpaired) electrons. The van der Waals surface area contributed by atoms with Gasteiger partial charge in [0.2, 0.25) is 0 Å². The van der Waals surface area contributed by atoms with Gasteiger partial charge in [0, 0.05) is 38.2 Å². The number of anilines is 1. The molecule has 2 aromatic rings. The van der Waals surface area contributed by atoms with Crippen LogP contribution in [-0.4, -0.2) is 33.9 Å². The van der Waals surface area contributed by atoms with E-state index in [-0.39, 0.29) is 5.91 Å². The second-order valence-electron chi connectivity index (χ2n) is 4.99. The van der Waals surface area contributed by atoms with E-state index >= 15 is 0 Å². The summed E-state index contributed by atoms with van der Waals surface area (Å²) in [5.41, 5.74) is 1.36. The number of rotatable bonds is 4. The van der Waals surface area contributed by atoms with Gasteiger partial charge < -0.3 is 10.2 Å². The van der Waals surface area contributed by atoms with Gasteiger partial charge in [-0.1, -0.05) is 0 Å². The van der Waals surface area contributed by atoms with Crippen LogP contribution in [-0.2, 0) is 6.54 Å². The van der Waals surface area contributed by atoms with E-state index in [0.29, 0.717) is 12.2 Å². The van der Waals surface area contributed by atoms with Crippen molar-refractivity contribution in [2.45, 2.75) is 19.4 Å². The molecule has 0 aromatic carbocycles. The molecule has 6 nitrogen and oxygen atoms in total. The third-order valence-corrected chi connectivity index (χ3v) is 3.49. The van der Waals surface area contributed by atoms with E-state index in [1.807, 2.05) is 12.1 Å². The Labute approximate surface area is 123 Å². The first-order valence-electron chi connectivity index (χ1n) is 7.07. The normalized spacial score (nSPS) is 14.2. The number of pyridine rings is 1. The zero-order chi connectivity index (χ0) is 14.5. The van der Waals surface area contributed by atoms with Gasteiger partial charge in [-0.25, -0.2) is 9.97 Å². The molecule has 0 aliphatic carbocycles. The molecule has 3 rings (SSSR count). The molecule has 1 aliphatic heterocycles. The quantitative estimate of drug-likeness (QED) is 0.918. The molecule has 108 valence electrons. The fraction of sp³-hybridized carbons (Fsp3) is 0.333. The Morgan fingerprint density at radius 3 is 2.81 bits per heavy atom. The van der Waals surface area contributed by atoms with Crippen LogP contribution < -0.4 is 10.2 Å². The molecule has 1 fully saturated rings. The monoisotopic (exact) mass is 283 g/mol. The molecular weight excluding hydrogens is 266 g/mol. The summed E-state index contributed by atoms with van der Waals surface area (Å²) >= 11 is 0. The summed E-state index contributed by atoms with van der Waals surface area (Å²) in [4.78, 5) is 26.5. The van der Waals surface area contributed by atoms with Gasteiger partial charge in [-0.3, -0.25) is 9.78 Å². The number of carbonyl (C=O) groups excluding carboxylic acids is 1. The Bertz CT molecular complexity index is 610. The topological polar surface area (TPSA) is 71.0 Å². The zero-order valence-electron chi connectivity index (χ0n) is 11.7. The first kappa shape index (κ1) is 13.5. The van der Waals surface area contributed by atoms with Crippen molar-refractivity contribution in [3.63, 3.8) is 0 Å². The number of aromatic nitrogens is 3. The molecule has 2 aromatic heterocycles. The minimum absolute atomic E-state index is 0.220. The van der Waals surface area contributed by atoms with Crippen molar-refractivity contribution in [1.82, 2.24) is 20.3 Å². The number of amides is 1. The predicted molar refractivity (Wildman–Crippen MR) is 78.9 cm³/mol. The Morgan fingerprint density at radius 1 is 1.19 bits per heavy atom. The molecule has 1 amide bonds. The van der Waals surface area contributed by atoms with Gasteiger partial charge in [0.1, 0.15) is 11.5 Å². The third-order valence-electron chi connectivity index (χ3n) is 3.49. The first-order chi connectivity index (χ1) is 10.3. The molecule has 0 unspecified atom stereocenters. The second-order valence-corrected chi connectivity index (χ2v) is 4.99. The number of hydrogen-bond donors (Lipinski definition) is 1. The molecule has 1 saturated heterocycles. The average Bonchev–Trinajstić information content (AvgIpc) is 3.08. The van der Waals surface area contributed by atoms with E-state index in [2.05, 4.69) is 25.2 Å². The van der Waals surface area contributed by atoms with E-state index in [4.69, 9.17) is 0 Å². The van der Waals surface area contributed by atoms with Crippen LogP contribution >= 0.6 is 0 Å². The molecule has 1 N–H and O–H groups in total. The van der Waals surface area contributed by atoms with Gasteiger partial charge in [-0.2, -0.15) is 0 Å². The summed E-state index contributed by atoms with van der Waals surface area (Å²) in [5.74, 6) is 0.765. The summed E-state index contributed by atoms with van der Waals surface area (Å²) < 4.78 is 0. The highest BCUT2D eigenvalue weighted by molar-refractivity contribution is 5.91. The lowest BCUT2D eigenvalue weighted by Crippen LogP contribution is -2.24. The highest BCUT2D eigenvalue weighted by Crippen LogP contribution is 2.18. The second kappa shape index (κ2) is 6.30. The molecule has 0 atom stereocenters. The van der Waals surface area contributed by atoms with Crippen LogP contribution in [0.1, 0.15) is 28.9 Å². The predicted octanol–water partition coefficient (Wildman–Crippen LogP) is 1.40. The van der Waals surface area contributed by atoms with Crippen LogP contribution in [0.5, 0.6) is 0 Å². The van der Waals surface area contributed by atoms with Gasteiger partial charge in [0.05, 0.1) is 6.20 Å². The molecule has 21 heavy (non-hydrogen) atoms. The van der Waals surface area contributed by atoms with Crippen LogP contribution in [0, 0.1) is 0 Å². The highest BCUT2D eigenvalue weighted by atomic mass is 16.1. The highest BCUT2D eigenvalue weighted by Gasteiger charge is 2.14.